The lowest BCUT2D eigenvalue weighted by molar-refractivity contribution is -0.128. The van der Waals surface area contributed by atoms with E-state index in [1.807, 2.05) is 36.1 Å². The van der Waals surface area contributed by atoms with E-state index >= 15 is 0 Å². The van der Waals surface area contributed by atoms with Crippen LogP contribution in [-0.2, 0) is 11.3 Å². The quantitative estimate of drug-likeness (QED) is 0.588. The van der Waals surface area contributed by atoms with Crippen molar-refractivity contribution in [3.8, 4) is 0 Å². The highest BCUT2D eigenvalue weighted by atomic mass is 32.2. The van der Waals surface area contributed by atoms with Crippen molar-refractivity contribution in [2.45, 2.75) is 18.6 Å². The zero-order valence-electron chi connectivity index (χ0n) is 16.6. The number of rotatable bonds is 6. The number of para-hydroxylation sites is 1. The molecule has 2 heterocycles. The molecule has 1 aliphatic rings. The Kier molecular flexibility index (Phi) is 6.14. The predicted molar refractivity (Wildman–Crippen MR) is 116 cm³/mol. The summed E-state index contributed by atoms with van der Waals surface area (Å²) in [5.74, 6) is 1.41. The number of nitrogens with zero attached hydrogens (tertiary/aromatic N) is 5. The van der Waals surface area contributed by atoms with Crippen molar-refractivity contribution in [2.75, 3.05) is 36.8 Å². The normalized spacial score (nSPS) is 14.2. The fraction of sp³-hybridized carbons (Fsp3) is 0.318. The summed E-state index contributed by atoms with van der Waals surface area (Å²) in [5.41, 5.74) is 2.42. The Morgan fingerprint density at radius 1 is 0.931 bits per heavy atom. The lowest BCUT2D eigenvalue weighted by Crippen LogP contribution is -2.49. The van der Waals surface area contributed by atoms with Crippen molar-refractivity contribution in [3.63, 3.8) is 0 Å². The highest BCUT2D eigenvalue weighted by molar-refractivity contribution is 7.99. The van der Waals surface area contributed by atoms with Crippen LogP contribution in [-0.4, -0.2) is 57.5 Å². The average molecular weight is 408 g/mol. The van der Waals surface area contributed by atoms with Crippen molar-refractivity contribution in [2.24, 2.45) is 0 Å². The van der Waals surface area contributed by atoms with Crippen LogP contribution in [0.15, 0.2) is 65.8 Å². The Morgan fingerprint density at radius 3 is 2.28 bits per heavy atom. The lowest BCUT2D eigenvalue weighted by atomic mass is 10.2. The summed E-state index contributed by atoms with van der Waals surface area (Å²) in [4.78, 5) is 17.0. The van der Waals surface area contributed by atoms with Crippen molar-refractivity contribution in [1.82, 2.24) is 19.7 Å². The molecule has 0 spiro atoms. The molecule has 0 N–H and O–H groups in total. The van der Waals surface area contributed by atoms with E-state index < -0.39 is 0 Å². The molecule has 4 rings (SSSR count). The minimum absolute atomic E-state index is 0.162. The lowest BCUT2D eigenvalue weighted by Gasteiger charge is -2.36. The molecule has 0 atom stereocenters. The van der Waals surface area contributed by atoms with E-state index in [4.69, 9.17) is 0 Å². The second-order valence-corrected chi connectivity index (χ2v) is 8.04. The maximum absolute atomic E-state index is 12.7. The minimum atomic E-state index is 0.162. The molecule has 150 valence electrons. The number of piperazine rings is 1. The number of carbonyl (C=O) groups is 1. The summed E-state index contributed by atoms with van der Waals surface area (Å²) in [5, 5.41) is 9.28. The zero-order chi connectivity index (χ0) is 20.1. The van der Waals surface area contributed by atoms with Gasteiger partial charge in [0.05, 0.1) is 12.3 Å². The Bertz CT molecular complexity index is 936. The molecule has 0 unspecified atom stereocenters. The summed E-state index contributed by atoms with van der Waals surface area (Å²) >= 11 is 1.47. The largest absolute Gasteiger partial charge is 0.368 e. The molecule has 29 heavy (non-hydrogen) atoms. The van der Waals surface area contributed by atoms with Gasteiger partial charge in [-0.25, -0.2) is 0 Å². The van der Waals surface area contributed by atoms with Gasteiger partial charge in [0.15, 0.2) is 5.16 Å². The molecule has 1 amide bonds. The van der Waals surface area contributed by atoms with Crippen LogP contribution in [0.25, 0.3) is 0 Å². The Morgan fingerprint density at radius 2 is 1.59 bits per heavy atom. The van der Waals surface area contributed by atoms with Crippen LogP contribution in [0.2, 0.25) is 0 Å². The van der Waals surface area contributed by atoms with Gasteiger partial charge in [0.2, 0.25) is 5.91 Å². The number of aryl methyl sites for hydroxylation is 1. The Balaban J connectivity index is 1.31. The van der Waals surface area contributed by atoms with Crippen molar-refractivity contribution in [3.05, 3.63) is 72.1 Å². The SMILES string of the molecule is Cc1nnc(SCC(=O)N2CCN(c3ccccc3)CC2)n1Cc1ccccc1. The smallest absolute Gasteiger partial charge is 0.233 e. The van der Waals surface area contributed by atoms with E-state index in [0.717, 1.165) is 37.2 Å². The molecular formula is C22H25N5OS. The third kappa shape index (κ3) is 4.79. The van der Waals surface area contributed by atoms with Crippen LogP contribution in [0.4, 0.5) is 5.69 Å². The Labute approximate surface area is 175 Å². The van der Waals surface area contributed by atoms with Crippen LogP contribution in [0.3, 0.4) is 0 Å². The first-order chi connectivity index (χ1) is 14.2. The predicted octanol–water partition coefficient (Wildman–Crippen LogP) is 3.08. The molecule has 1 saturated heterocycles. The van der Waals surface area contributed by atoms with Gasteiger partial charge in [0.1, 0.15) is 5.82 Å². The molecular weight excluding hydrogens is 382 g/mol. The van der Waals surface area contributed by atoms with Crippen LogP contribution < -0.4 is 4.90 Å². The van der Waals surface area contributed by atoms with Gasteiger partial charge >= 0.3 is 0 Å². The molecule has 1 aromatic heterocycles. The van der Waals surface area contributed by atoms with Gasteiger partial charge in [-0.1, -0.05) is 60.3 Å². The number of hydrogen-bond donors (Lipinski definition) is 0. The summed E-state index contributed by atoms with van der Waals surface area (Å²) in [6, 6.07) is 20.6. The van der Waals surface area contributed by atoms with Gasteiger partial charge in [0.25, 0.3) is 0 Å². The van der Waals surface area contributed by atoms with E-state index in [1.54, 1.807) is 0 Å². The monoisotopic (exact) mass is 407 g/mol. The number of thioether (sulfide) groups is 1. The van der Waals surface area contributed by atoms with Crippen LogP contribution in [0.1, 0.15) is 11.4 Å². The molecule has 2 aromatic carbocycles. The van der Waals surface area contributed by atoms with Crippen LogP contribution in [0.5, 0.6) is 0 Å². The molecule has 0 saturated carbocycles. The molecule has 7 heteroatoms. The number of hydrogen-bond acceptors (Lipinski definition) is 5. The number of amides is 1. The van der Waals surface area contributed by atoms with Crippen LogP contribution in [0, 0.1) is 6.92 Å². The van der Waals surface area contributed by atoms with Crippen molar-refractivity contribution >= 4 is 23.4 Å². The van der Waals surface area contributed by atoms with Crippen LogP contribution >= 0.6 is 11.8 Å². The number of carbonyl (C=O) groups excluding carboxylic acids is 1. The van der Waals surface area contributed by atoms with Crippen molar-refractivity contribution in [1.29, 1.82) is 0 Å². The first kappa shape index (κ1) is 19.5. The topological polar surface area (TPSA) is 54.3 Å². The maximum atomic E-state index is 12.7. The molecule has 3 aromatic rings. The van der Waals surface area contributed by atoms with Gasteiger partial charge in [-0.2, -0.15) is 0 Å². The van der Waals surface area contributed by atoms with Crippen molar-refractivity contribution < 1.29 is 4.79 Å². The van der Waals surface area contributed by atoms with Gasteiger partial charge in [-0.15, -0.1) is 10.2 Å². The summed E-state index contributed by atoms with van der Waals surface area (Å²) in [7, 11) is 0. The maximum Gasteiger partial charge on any atom is 0.233 e. The van der Waals surface area contributed by atoms with E-state index in [1.165, 1.54) is 23.0 Å². The van der Waals surface area contributed by atoms with E-state index in [0.29, 0.717) is 12.3 Å². The third-order valence-electron chi connectivity index (χ3n) is 5.16. The zero-order valence-corrected chi connectivity index (χ0v) is 17.4. The summed E-state index contributed by atoms with van der Waals surface area (Å²) < 4.78 is 2.07. The second kappa shape index (κ2) is 9.13. The Hall–Kier alpha value is -2.80. The standard InChI is InChI=1S/C22H25N5OS/c1-18-23-24-22(27(18)16-19-8-4-2-5-9-19)29-17-21(28)26-14-12-25(13-15-26)20-10-6-3-7-11-20/h2-11H,12-17H2,1H3. The summed E-state index contributed by atoms with van der Waals surface area (Å²) in [6.45, 7) is 5.90. The van der Waals surface area contributed by atoms with Gasteiger partial charge in [-0.3, -0.25) is 4.79 Å². The number of benzene rings is 2. The highest BCUT2D eigenvalue weighted by Crippen LogP contribution is 2.20. The first-order valence-electron chi connectivity index (χ1n) is 9.85. The fourth-order valence-corrected chi connectivity index (χ4v) is 4.37. The number of anilines is 1. The van der Waals surface area contributed by atoms with E-state index in [9.17, 15) is 4.79 Å². The molecule has 1 aliphatic heterocycles. The fourth-order valence-electron chi connectivity index (χ4n) is 3.49. The minimum Gasteiger partial charge on any atom is -0.368 e. The van der Waals surface area contributed by atoms with Gasteiger partial charge < -0.3 is 14.4 Å². The second-order valence-electron chi connectivity index (χ2n) is 7.09. The molecule has 1 fully saturated rings. The molecule has 6 nitrogen and oxygen atoms in total. The van der Waals surface area contributed by atoms with Gasteiger partial charge in [0, 0.05) is 31.9 Å². The highest BCUT2D eigenvalue weighted by Gasteiger charge is 2.22. The molecule has 0 aliphatic carbocycles. The van der Waals surface area contributed by atoms with Gasteiger partial charge in [-0.05, 0) is 24.6 Å². The average Bonchev–Trinajstić information content (AvgIpc) is 3.13. The first-order valence-corrected chi connectivity index (χ1v) is 10.8. The molecule has 0 radical (unpaired) electrons. The van der Waals surface area contributed by atoms with E-state index in [-0.39, 0.29) is 5.91 Å². The number of aromatic nitrogens is 3. The van der Waals surface area contributed by atoms with E-state index in [2.05, 4.69) is 56.1 Å². The summed E-state index contributed by atoms with van der Waals surface area (Å²) in [6.07, 6.45) is 0. The third-order valence-corrected chi connectivity index (χ3v) is 6.12. The molecule has 0 bridgehead atoms.